The fourth-order valence-corrected chi connectivity index (χ4v) is 5.90. The summed E-state index contributed by atoms with van der Waals surface area (Å²) >= 11 is 6.27. The highest BCUT2D eigenvalue weighted by Crippen LogP contribution is 2.30. The highest BCUT2D eigenvalue weighted by atomic mass is 35.5. The number of carbonyl (C=O) groups excluding carboxylic acids is 4. The van der Waals surface area contributed by atoms with Crippen LogP contribution in [0.1, 0.15) is 34.0 Å². The fourth-order valence-electron chi connectivity index (χ4n) is 5.73. The second kappa shape index (κ2) is 11.8. The minimum absolute atomic E-state index is 0.0108. The molecular weight excluding hydrogens is 570 g/mol. The number of hydrogen-bond donors (Lipinski definition) is 1. The first-order valence-electron chi connectivity index (χ1n) is 13.9. The molecule has 0 spiro atoms. The number of nitrogens with zero attached hydrogens (tertiary/aromatic N) is 6. The Morgan fingerprint density at radius 1 is 0.953 bits per heavy atom. The van der Waals surface area contributed by atoms with E-state index in [9.17, 15) is 19.2 Å². The number of carbonyl (C=O) groups is 4. The molecule has 1 aromatic heterocycles. The molecule has 1 N–H and O–H groups in total. The lowest BCUT2D eigenvalue weighted by Crippen LogP contribution is -2.61. The van der Waals surface area contributed by atoms with Crippen LogP contribution in [0.4, 0.5) is 5.69 Å². The van der Waals surface area contributed by atoms with Crippen molar-refractivity contribution in [2.45, 2.75) is 38.3 Å². The second-order valence-electron chi connectivity index (χ2n) is 10.7. The molecule has 2 aliphatic rings. The van der Waals surface area contributed by atoms with E-state index >= 15 is 0 Å². The van der Waals surface area contributed by atoms with Crippen LogP contribution in [-0.2, 0) is 33.6 Å². The number of ketones is 1. The van der Waals surface area contributed by atoms with Gasteiger partial charge in [0.2, 0.25) is 17.7 Å². The third-order valence-corrected chi connectivity index (χ3v) is 8.12. The summed E-state index contributed by atoms with van der Waals surface area (Å²) in [6.07, 6.45) is 2.83. The number of Topliss-reactive ketones (excluding diaryl/α,β-unsaturated/α-hetero) is 1. The molecular formula is C31H28ClN7O4. The van der Waals surface area contributed by atoms with Gasteiger partial charge in [0.15, 0.2) is 5.78 Å². The smallest absolute Gasteiger partial charge is 0.247 e. The molecule has 2 unspecified atom stereocenters. The number of amides is 3. The number of anilines is 1. The van der Waals surface area contributed by atoms with Crippen LogP contribution in [0.3, 0.4) is 0 Å². The highest BCUT2D eigenvalue weighted by Gasteiger charge is 2.39. The highest BCUT2D eigenvalue weighted by molar-refractivity contribution is 6.31. The van der Waals surface area contributed by atoms with E-state index < -0.39 is 6.04 Å². The van der Waals surface area contributed by atoms with Crippen molar-refractivity contribution in [3.8, 4) is 5.69 Å². The van der Waals surface area contributed by atoms with Gasteiger partial charge in [0.25, 0.3) is 0 Å². The zero-order chi connectivity index (χ0) is 30.1. The summed E-state index contributed by atoms with van der Waals surface area (Å²) in [5.41, 5.74) is 4.47. The first-order valence-corrected chi connectivity index (χ1v) is 14.2. The van der Waals surface area contributed by atoms with Gasteiger partial charge in [-0.15, -0.1) is 5.10 Å². The number of halogens is 1. The van der Waals surface area contributed by atoms with Crippen molar-refractivity contribution in [1.82, 2.24) is 30.4 Å². The van der Waals surface area contributed by atoms with Gasteiger partial charge in [-0.05, 0) is 71.1 Å². The van der Waals surface area contributed by atoms with Gasteiger partial charge >= 0.3 is 0 Å². The van der Waals surface area contributed by atoms with Crippen molar-refractivity contribution in [2.75, 3.05) is 18.0 Å². The Labute approximate surface area is 252 Å². The molecule has 2 heterocycles. The van der Waals surface area contributed by atoms with Crippen LogP contribution >= 0.6 is 11.6 Å². The van der Waals surface area contributed by atoms with Gasteiger partial charge in [0.1, 0.15) is 25.5 Å². The number of tetrazole rings is 1. The Kier molecular flexibility index (Phi) is 7.73. The van der Waals surface area contributed by atoms with Gasteiger partial charge in [-0.1, -0.05) is 54.1 Å². The minimum atomic E-state index is -0.907. The molecule has 43 heavy (non-hydrogen) atoms. The van der Waals surface area contributed by atoms with Crippen LogP contribution in [0.15, 0.2) is 73.1 Å². The lowest BCUT2D eigenvalue weighted by molar-refractivity contribution is -0.145. The van der Waals surface area contributed by atoms with Crippen molar-refractivity contribution in [3.63, 3.8) is 0 Å². The maximum absolute atomic E-state index is 13.9. The number of benzene rings is 3. The number of rotatable bonds is 8. The van der Waals surface area contributed by atoms with Gasteiger partial charge in [0, 0.05) is 23.0 Å². The van der Waals surface area contributed by atoms with E-state index in [1.807, 2.05) is 42.5 Å². The maximum Gasteiger partial charge on any atom is 0.247 e. The van der Waals surface area contributed by atoms with Gasteiger partial charge < -0.3 is 10.2 Å². The lowest BCUT2D eigenvalue weighted by atomic mass is 10.0. The zero-order valence-corrected chi connectivity index (χ0v) is 24.1. The van der Waals surface area contributed by atoms with E-state index in [0.29, 0.717) is 34.8 Å². The molecule has 3 aromatic carbocycles. The van der Waals surface area contributed by atoms with Crippen LogP contribution < -0.4 is 10.2 Å². The van der Waals surface area contributed by atoms with Crippen LogP contribution in [-0.4, -0.2) is 73.8 Å². The molecule has 218 valence electrons. The molecule has 1 saturated heterocycles. The Morgan fingerprint density at radius 3 is 2.49 bits per heavy atom. The van der Waals surface area contributed by atoms with E-state index in [2.05, 4.69) is 20.8 Å². The molecule has 0 bridgehead atoms. The van der Waals surface area contributed by atoms with Gasteiger partial charge in [-0.2, -0.15) is 4.68 Å². The van der Waals surface area contributed by atoms with Gasteiger partial charge in [-0.3, -0.25) is 24.1 Å². The number of piperazine rings is 1. The van der Waals surface area contributed by atoms with E-state index in [4.69, 9.17) is 11.6 Å². The second-order valence-corrected chi connectivity index (χ2v) is 11.2. The molecule has 6 rings (SSSR count). The van der Waals surface area contributed by atoms with Crippen LogP contribution in [0.2, 0.25) is 5.02 Å². The summed E-state index contributed by atoms with van der Waals surface area (Å²) in [6.45, 7) is 0.953. The van der Waals surface area contributed by atoms with E-state index in [0.717, 1.165) is 16.7 Å². The number of aromatic nitrogens is 4. The van der Waals surface area contributed by atoms with E-state index in [-0.39, 0.29) is 49.1 Å². The molecule has 4 aromatic rings. The predicted molar refractivity (Wildman–Crippen MR) is 158 cm³/mol. The third kappa shape index (κ3) is 5.89. The summed E-state index contributed by atoms with van der Waals surface area (Å²) in [6, 6.07) is 18.8. The van der Waals surface area contributed by atoms with Crippen molar-refractivity contribution in [2.24, 2.45) is 0 Å². The van der Waals surface area contributed by atoms with Crippen molar-refractivity contribution in [3.05, 3.63) is 100 Å². The summed E-state index contributed by atoms with van der Waals surface area (Å²) in [4.78, 5) is 55.7. The average molecular weight is 598 g/mol. The molecule has 1 aliphatic heterocycles. The van der Waals surface area contributed by atoms with E-state index in [1.54, 1.807) is 24.3 Å². The Hall–Kier alpha value is -4.90. The molecule has 0 saturated carbocycles. The van der Waals surface area contributed by atoms with Crippen LogP contribution in [0.5, 0.6) is 0 Å². The normalized spacial score (nSPS) is 17.1. The Balaban J connectivity index is 1.24. The first-order chi connectivity index (χ1) is 20.8. The molecule has 0 radical (unpaired) electrons. The topological polar surface area (TPSA) is 130 Å². The summed E-state index contributed by atoms with van der Waals surface area (Å²) in [5, 5.41) is 14.7. The molecule has 3 amide bonds. The standard InChI is InChI=1S/C31H28ClN7O4/c1-19(40)21-7-8-22-13-25(14-23(22)12-21)34-31(43)28(11-20-5-3-2-4-6-20)38-17-29(41)37(16-30(38)42)27-15-24(32)9-10-26(27)39-18-33-35-36-39/h2-10,12,15,18,25,28H,11,13-14,16-17H2,1H3,(H,34,43). The Bertz CT molecular complexity index is 1710. The largest absolute Gasteiger partial charge is 0.351 e. The molecule has 11 nitrogen and oxygen atoms in total. The fraction of sp³-hybridized carbons (Fsp3) is 0.258. The SMILES string of the molecule is CC(=O)c1ccc2c(c1)CC(NC(=O)C(Cc1ccccc1)N1CC(=O)N(c3cc(Cl)ccc3-n3cnnn3)CC1=O)C2. The molecule has 2 atom stereocenters. The molecule has 12 heteroatoms. The van der Waals surface area contributed by atoms with Gasteiger partial charge in [0.05, 0.1) is 11.4 Å². The van der Waals surface area contributed by atoms with E-state index in [1.165, 1.54) is 27.7 Å². The predicted octanol–water partition coefficient (Wildman–Crippen LogP) is 2.59. The number of hydrogen-bond acceptors (Lipinski definition) is 7. The average Bonchev–Trinajstić information content (AvgIpc) is 3.67. The Morgan fingerprint density at radius 2 is 1.74 bits per heavy atom. The number of nitrogens with one attached hydrogen (secondary N) is 1. The minimum Gasteiger partial charge on any atom is -0.351 e. The van der Waals surface area contributed by atoms with Crippen LogP contribution in [0, 0.1) is 0 Å². The zero-order valence-electron chi connectivity index (χ0n) is 23.3. The first kappa shape index (κ1) is 28.2. The van der Waals surface area contributed by atoms with Crippen molar-refractivity contribution < 1.29 is 19.2 Å². The van der Waals surface area contributed by atoms with Gasteiger partial charge in [-0.25, -0.2) is 0 Å². The lowest BCUT2D eigenvalue weighted by Gasteiger charge is -2.38. The third-order valence-electron chi connectivity index (χ3n) is 7.89. The monoisotopic (exact) mass is 597 g/mol. The maximum atomic E-state index is 13.9. The molecule has 1 aliphatic carbocycles. The molecule has 1 fully saturated rings. The number of fused-ring (bicyclic) bond motifs is 1. The van der Waals surface area contributed by atoms with Crippen molar-refractivity contribution in [1.29, 1.82) is 0 Å². The summed E-state index contributed by atoms with van der Waals surface area (Å²) < 4.78 is 1.39. The summed E-state index contributed by atoms with van der Waals surface area (Å²) in [5.74, 6) is -1.09. The summed E-state index contributed by atoms with van der Waals surface area (Å²) in [7, 11) is 0. The quantitative estimate of drug-likeness (QED) is 0.309. The van der Waals surface area contributed by atoms with Crippen LogP contribution in [0.25, 0.3) is 5.69 Å². The van der Waals surface area contributed by atoms with Crippen molar-refractivity contribution >= 4 is 40.8 Å².